The molecule has 2 amide bonds. The summed E-state index contributed by atoms with van der Waals surface area (Å²) in [6.07, 6.45) is 0.691. The first kappa shape index (κ1) is 32.5. The number of halogens is 3. The van der Waals surface area contributed by atoms with Crippen LogP contribution in [0.15, 0.2) is 71.6 Å². The molecule has 12 heteroatoms. The molecule has 0 spiro atoms. The van der Waals surface area contributed by atoms with Gasteiger partial charge < -0.3 is 15.0 Å². The Morgan fingerprint density at radius 3 is 2.22 bits per heavy atom. The molecule has 3 aromatic carbocycles. The molecule has 0 unspecified atom stereocenters. The van der Waals surface area contributed by atoms with Crippen LogP contribution in [0.4, 0.5) is 5.69 Å². The molecule has 0 radical (unpaired) electrons. The molecule has 3 rings (SSSR count). The maximum Gasteiger partial charge on any atom is 0.264 e. The van der Waals surface area contributed by atoms with Crippen molar-refractivity contribution in [3.8, 4) is 5.75 Å². The van der Waals surface area contributed by atoms with Gasteiger partial charge in [-0.15, -0.1) is 0 Å². The lowest BCUT2D eigenvalue weighted by molar-refractivity contribution is -0.139. The van der Waals surface area contributed by atoms with Crippen molar-refractivity contribution < 1.29 is 22.7 Å². The average Bonchev–Trinajstić information content (AvgIpc) is 2.95. The van der Waals surface area contributed by atoms with Gasteiger partial charge >= 0.3 is 0 Å². The van der Waals surface area contributed by atoms with E-state index < -0.39 is 28.5 Å². The molecule has 41 heavy (non-hydrogen) atoms. The number of carbonyl (C=O) groups excluding carboxylic acids is 2. The third kappa shape index (κ3) is 8.07. The summed E-state index contributed by atoms with van der Waals surface area (Å²) in [6.45, 7) is 4.69. The van der Waals surface area contributed by atoms with Crippen molar-refractivity contribution in [3.63, 3.8) is 0 Å². The van der Waals surface area contributed by atoms with Crippen LogP contribution in [0.1, 0.15) is 32.8 Å². The molecular formula is C29H32Cl3N3O5S. The van der Waals surface area contributed by atoms with E-state index in [1.807, 2.05) is 13.8 Å². The van der Waals surface area contributed by atoms with E-state index in [-0.39, 0.29) is 34.1 Å². The molecule has 0 saturated heterocycles. The topological polar surface area (TPSA) is 96.0 Å². The average molecular weight is 641 g/mol. The van der Waals surface area contributed by atoms with E-state index in [9.17, 15) is 18.0 Å². The zero-order valence-electron chi connectivity index (χ0n) is 23.1. The number of ether oxygens (including phenoxy) is 1. The molecule has 8 nitrogen and oxygen atoms in total. The van der Waals surface area contributed by atoms with Crippen molar-refractivity contribution in [2.45, 2.75) is 50.7 Å². The van der Waals surface area contributed by atoms with Crippen LogP contribution < -0.4 is 14.4 Å². The van der Waals surface area contributed by atoms with Crippen molar-refractivity contribution in [1.29, 1.82) is 0 Å². The van der Waals surface area contributed by atoms with Gasteiger partial charge in [0, 0.05) is 22.6 Å². The predicted molar refractivity (Wildman–Crippen MR) is 163 cm³/mol. The smallest absolute Gasteiger partial charge is 0.264 e. The minimum atomic E-state index is -4.23. The van der Waals surface area contributed by atoms with Gasteiger partial charge in [0.05, 0.1) is 22.7 Å². The van der Waals surface area contributed by atoms with Gasteiger partial charge in [0.2, 0.25) is 11.8 Å². The second-order valence-electron chi connectivity index (χ2n) is 9.39. The molecule has 0 aromatic heterocycles. The number of hydrogen-bond donors (Lipinski definition) is 1. The molecule has 0 heterocycles. The van der Waals surface area contributed by atoms with Gasteiger partial charge in [0.1, 0.15) is 18.3 Å². The predicted octanol–water partition coefficient (Wildman–Crippen LogP) is 6.18. The third-order valence-electron chi connectivity index (χ3n) is 6.56. The van der Waals surface area contributed by atoms with Crippen LogP contribution in [0.25, 0.3) is 0 Å². The molecule has 3 aromatic rings. The lowest BCUT2D eigenvalue weighted by Gasteiger charge is -2.32. The molecule has 220 valence electrons. The van der Waals surface area contributed by atoms with Gasteiger partial charge in [-0.05, 0) is 68.3 Å². The van der Waals surface area contributed by atoms with Gasteiger partial charge in [0.15, 0.2) is 0 Å². The van der Waals surface area contributed by atoms with Gasteiger partial charge in [-0.1, -0.05) is 66.0 Å². The minimum Gasteiger partial charge on any atom is -0.495 e. The van der Waals surface area contributed by atoms with Crippen molar-refractivity contribution in [1.82, 2.24) is 10.2 Å². The van der Waals surface area contributed by atoms with Crippen LogP contribution in [0.5, 0.6) is 5.75 Å². The number of carbonyl (C=O) groups is 2. The van der Waals surface area contributed by atoms with E-state index in [4.69, 9.17) is 39.5 Å². The Kier molecular flexibility index (Phi) is 11.3. The SMILES string of the molecule is CC[C@@H](C)NC(=O)[C@@H](C)N(Cc1ccc(Cl)cc1Cl)C(=O)CN(c1ccc(OC)c(Cl)c1)S(=O)(=O)c1ccccc1. The summed E-state index contributed by atoms with van der Waals surface area (Å²) in [5.74, 6) is -0.676. The lowest BCUT2D eigenvalue weighted by atomic mass is 10.1. The Hall–Kier alpha value is -2.98. The number of methoxy groups -OCH3 is 1. The summed E-state index contributed by atoms with van der Waals surface area (Å²) in [7, 11) is -2.79. The van der Waals surface area contributed by atoms with E-state index in [2.05, 4.69) is 5.32 Å². The molecule has 1 N–H and O–H groups in total. The Bertz CT molecular complexity index is 1490. The fourth-order valence-corrected chi connectivity index (χ4v) is 6.09. The zero-order valence-corrected chi connectivity index (χ0v) is 26.2. The van der Waals surface area contributed by atoms with Crippen molar-refractivity contribution in [2.24, 2.45) is 0 Å². The highest BCUT2D eigenvalue weighted by Gasteiger charge is 2.33. The van der Waals surface area contributed by atoms with Crippen molar-refractivity contribution in [2.75, 3.05) is 18.0 Å². The Morgan fingerprint density at radius 1 is 0.951 bits per heavy atom. The van der Waals surface area contributed by atoms with E-state index in [0.29, 0.717) is 27.8 Å². The Labute approximate surface area is 256 Å². The van der Waals surface area contributed by atoms with Crippen LogP contribution in [-0.4, -0.2) is 50.9 Å². The fraction of sp³-hybridized carbons (Fsp3) is 0.310. The first-order valence-corrected chi connectivity index (χ1v) is 15.4. The molecule has 0 fully saturated rings. The van der Waals surface area contributed by atoms with E-state index in [1.165, 1.54) is 48.4 Å². The van der Waals surface area contributed by atoms with E-state index >= 15 is 0 Å². The van der Waals surface area contributed by atoms with Gasteiger partial charge in [0.25, 0.3) is 10.0 Å². The number of anilines is 1. The molecule has 2 atom stereocenters. The molecule has 0 aliphatic heterocycles. The maximum absolute atomic E-state index is 14.0. The Balaban J connectivity index is 2.07. The second kappa shape index (κ2) is 14.3. The van der Waals surface area contributed by atoms with Crippen molar-refractivity contribution in [3.05, 3.63) is 87.4 Å². The standard InChI is InChI=1S/C29H32Cl3N3O5S/c1-5-19(2)33-29(37)20(3)34(17-21-11-12-22(30)15-25(21)31)28(36)18-35(23-13-14-27(40-4)26(32)16-23)41(38,39)24-9-7-6-8-10-24/h6-16,19-20H,5,17-18H2,1-4H3,(H,33,37)/t19-,20-/m1/s1. The highest BCUT2D eigenvalue weighted by Crippen LogP contribution is 2.32. The third-order valence-corrected chi connectivity index (χ3v) is 9.23. The molecule has 0 bridgehead atoms. The lowest BCUT2D eigenvalue weighted by Crippen LogP contribution is -2.52. The second-order valence-corrected chi connectivity index (χ2v) is 12.5. The van der Waals surface area contributed by atoms with E-state index in [1.54, 1.807) is 37.3 Å². The van der Waals surface area contributed by atoms with Gasteiger partial charge in [-0.2, -0.15) is 0 Å². The number of sulfonamides is 1. The highest BCUT2D eigenvalue weighted by atomic mass is 35.5. The summed E-state index contributed by atoms with van der Waals surface area (Å²) in [6, 6.07) is 15.9. The van der Waals surface area contributed by atoms with Crippen LogP contribution in [0, 0.1) is 0 Å². The molecule has 0 saturated carbocycles. The summed E-state index contributed by atoms with van der Waals surface area (Å²) < 4.78 is 33.9. The molecular weight excluding hydrogens is 609 g/mol. The normalized spacial score (nSPS) is 12.8. The highest BCUT2D eigenvalue weighted by molar-refractivity contribution is 7.92. The summed E-state index contributed by atoms with van der Waals surface area (Å²) in [4.78, 5) is 28.4. The van der Waals surface area contributed by atoms with Crippen LogP contribution in [0.2, 0.25) is 15.1 Å². The summed E-state index contributed by atoms with van der Waals surface area (Å²) in [5, 5.41) is 3.77. The zero-order chi connectivity index (χ0) is 30.3. The van der Waals surface area contributed by atoms with Crippen LogP contribution in [-0.2, 0) is 26.2 Å². The number of hydrogen-bond acceptors (Lipinski definition) is 5. The Morgan fingerprint density at radius 2 is 1.63 bits per heavy atom. The number of amides is 2. The van der Waals surface area contributed by atoms with Gasteiger partial charge in [-0.25, -0.2) is 8.42 Å². The molecule has 0 aliphatic rings. The minimum absolute atomic E-state index is 0.0189. The largest absolute Gasteiger partial charge is 0.495 e. The monoisotopic (exact) mass is 639 g/mol. The first-order valence-electron chi connectivity index (χ1n) is 12.8. The fourth-order valence-electron chi connectivity index (χ4n) is 3.94. The summed E-state index contributed by atoms with van der Waals surface area (Å²) >= 11 is 18.8. The number of nitrogens with zero attached hydrogens (tertiary/aromatic N) is 2. The number of rotatable bonds is 12. The van der Waals surface area contributed by atoms with Crippen molar-refractivity contribution >= 4 is 62.3 Å². The van der Waals surface area contributed by atoms with Crippen LogP contribution in [0.3, 0.4) is 0 Å². The maximum atomic E-state index is 14.0. The van der Waals surface area contributed by atoms with Gasteiger partial charge in [-0.3, -0.25) is 13.9 Å². The first-order chi connectivity index (χ1) is 19.4. The quantitative estimate of drug-likeness (QED) is 0.255. The summed E-state index contributed by atoms with van der Waals surface area (Å²) in [5.41, 5.74) is 0.687. The number of nitrogens with one attached hydrogen (secondary N) is 1. The number of benzene rings is 3. The van der Waals surface area contributed by atoms with Crippen LogP contribution >= 0.6 is 34.8 Å². The molecule has 0 aliphatic carbocycles. The van der Waals surface area contributed by atoms with E-state index in [0.717, 1.165) is 4.31 Å².